The molecule has 0 atom stereocenters. The molecule has 2 aromatic carbocycles. The van der Waals surface area contributed by atoms with Gasteiger partial charge in [-0.2, -0.15) is 5.26 Å². The van der Waals surface area contributed by atoms with Crippen molar-refractivity contribution < 1.29 is 0 Å². The monoisotopic (exact) mass is 279 g/mol. The van der Waals surface area contributed by atoms with E-state index in [2.05, 4.69) is 30.0 Å². The van der Waals surface area contributed by atoms with Crippen LogP contribution in [0.4, 0.5) is 11.4 Å². The molecule has 3 nitrogen and oxygen atoms in total. The molecule has 108 valence electrons. The third kappa shape index (κ3) is 3.76. The van der Waals surface area contributed by atoms with Gasteiger partial charge in [0, 0.05) is 24.5 Å². The van der Waals surface area contributed by atoms with Crippen LogP contribution in [-0.2, 0) is 6.54 Å². The summed E-state index contributed by atoms with van der Waals surface area (Å²) >= 11 is 0. The van der Waals surface area contributed by atoms with E-state index in [0.29, 0.717) is 0 Å². The molecule has 0 aliphatic carbocycles. The first-order valence-electron chi connectivity index (χ1n) is 7.24. The van der Waals surface area contributed by atoms with Gasteiger partial charge in [-0.15, -0.1) is 0 Å². The van der Waals surface area contributed by atoms with Crippen LogP contribution in [0.1, 0.15) is 30.0 Å². The molecule has 0 aromatic heterocycles. The minimum absolute atomic E-state index is 0.735. The molecule has 2 aromatic rings. The van der Waals surface area contributed by atoms with Crippen molar-refractivity contribution in [1.82, 2.24) is 0 Å². The number of nitrogens with zero attached hydrogens (tertiary/aromatic N) is 2. The molecular weight excluding hydrogens is 258 g/mol. The molecule has 0 spiro atoms. The van der Waals surface area contributed by atoms with Crippen molar-refractivity contribution >= 4 is 11.4 Å². The van der Waals surface area contributed by atoms with Crippen molar-refractivity contribution in [3.63, 3.8) is 0 Å². The van der Waals surface area contributed by atoms with Crippen molar-refractivity contribution in [3.8, 4) is 6.07 Å². The van der Waals surface area contributed by atoms with Crippen LogP contribution < -0.4 is 10.6 Å². The highest BCUT2D eigenvalue weighted by Gasteiger charge is 2.08. The average molecular weight is 279 g/mol. The Bertz CT molecular complexity index is 656. The van der Waals surface area contributed by atoms with Crippen LogP contribution in [0.25, 0.3) is 0 Å². The number of benzene rings is 2. The van der Waals surface area contributed by atoms with E-state index < -0.39 is 0 Å². The van der Waals surface area contributed by atoms with E-state index in [0.717, 1.165) is 42.0 Å². The van der Waals surface area contributed by atoms with E-state index in [1.54, 1.807) is 0 Å². The summed E-state index contributed by atoms with van der Waals surface area (Å²) in [7, 11) is 0. The molecule has 0 heterocycles. The smallest absolute Gasteiger partial charge is 0.0994 e. The van der Waals surface area contributed by atoms with Crippen molar-refractivity contribution in [3.05, 3.63) is 59.2 Å². The van der Waals surface area contributed by atoms with Gasteiger partial charge in [-0.05, 0) is 54.8 Å². The minimum Gasteiger partial charge on any atom is -0.399 e. The van der Waals surface area contributed by atoms with Crippen LogP contribution >= 0.6 is 0 Å². The molecule has 3 heteroatoms. The zero-order valence-corrected chi connectivity index (χ0v) is 12.6. The Morgan fingerprint density at radius 1 is 1.19 bits per heavy atom. The van der Waals surface area contributed by atoms with Crippen LogP contribution in [0.5, 0.6) is 0 Å². The van der Waals surface area contributed by atoms with Gasteiger partial charge >= 0.3 is 0 Å². The van der Waals surface area contributed by atoms with Crippen LogP contribution in [0.15, 0.2) is 42.5 Å². The van der Waals surface area contributed by atoms with E-state index in [1.165, 1.54) is 5.56 Å². The Labute approximate surface area is 126 Å². The first kappa shape index (κ1) is 14.9. The third-order valence-corrected chi connectivity index (χ3v) is 3.51. The highest BCUT2D eigenvalue weighted by molar-refractivity contribution is 5.54. The summed E-state index contributed by atoms with van der Waals surface area (Å²) in [5, 5.41) is 9.04. The molecule has 2 rings (SSSR count). The lowest BCUT2D eigenvalue weighted by atomic mass is 10.1. The van der Waals surface area contributed by atoms with Crippen molar-refractivity contribution in [2.75, 3.05) is 17.2 Å². The predicted molar refractivity (Wildman–Crippen MR) is 88.1 cm³/mol. The number of aryl methyl sites for hydroxylation is 1. The summed E-state index contributed by atoms with van der Waals surface area (Å²) in [5.41, 5.74) is 10.7. The second kappa shape index (κ2) is 6.81. The maximum absolute atomic E-state index is 9.04. The van der Waals surface area contributed by atoms with Gasteiger partial charge in [-0.3, -0.25) is 0 Å². The van der Waals surface area contributed by atoms with Crippen LogP contribution in [0.2, 0.25) is 0 Å². The standard InChI is InChI=1S/C18H21N3/c1-3-9-21(13-15-5-4-6-17(20)11-15)18-8-7-16(12-19)14(2)10-18/h4-8,10-11H,3,9,13,20H2,1-2H3. The maximum atomic E-state index is 9.04. The number of rotatable bonds is 5. The van der Waals surface area contributed by atoms with E-state index in [4.69, 9.17) is 11.0 Å². The van der Waals surface area contributed by atoms with Gasteiger partial charge in [0.05, 0.1) is 11.6 Å². The summed E-state index contributed by atoms with van der Waals surface area (Å²) in [6, 6.07) is 16.2. The molecule has 0 saturated carbocycles. The van der Waals surface area contributed by atoms with Gasteiger partial charge in [0.25, 0.3) is 0 Å². The lowest BCUT2D eigenvalue weighted by Crippen LogP contribution is -2.23. The highest BCUT2D eigenvalue weighted by atomic mass is 15.1. The zero-order valence-electron chi connectivity index (χ0n) is 12.6. The van der Waals surface area contributed by atoms with Crippen LogP contribution in [-0.4, -0.2) is 6.54 Å². The van der Waals surface area contributed by atoms with Crippen molar-refractivity contribution in [1.29, 1.82) is 5.26 Å². The number of hydrogen-bond donors (Lipinski definition) is 1. The second-order valence-electron chi connectivity index (χ2n) is 5.28. The molecule has 0 bridgehead atoms. The number of nitrogen functional groups attached to an aromatic ring is 1. The molecular formula is C18H21N3. The van der Waals surface area contributed by atoms with Gasteiger partial charge in [0.15, 0.2) is 0 Å². The van der Waals surface area contributed by atoms with Crippen LogP contribution in [0.3, 0.4) is 0 Å². The fourth-order valence-corrected chi connectivity index (χ4v) is 2.45. The molecule has 0 amide bonds. The third-order valence-electron chi connectivity index (χ3n) is 3.51. The summed E-state index contributed by atoms with van der Waals surface area (Å²) in [6.45, 7) is 5.94. The van der Waals surface area contributed by atoms with Gasteiger partial charge in [-0.1, -0.05) is 19.1 Å². The Hall–Kier alpha value is -2.47. The minimum atomic E-state index is 0.735. The molecule has 0 fully saturated rings. The van der Waals surface area contributed by atoms with Gasteiger partial charge < -0.3 is 10.6 Å². The molecule has 0 radical (unpaired) electrons. The number of hydrogen-bond acceptors (Lipinski definition) is 3. The van der Waals surface area contributed by atoms with Gasteiger partial charge in [-0.25, -0.2) is 0 Å². The summed E-state index contributed by atoms with van der Waals surface area (Å²) in [6.07, 6.45) is 1.07. The Morgan fingerprint density at radius 2 is 2.00 bits per heavy atom. The molecule has 0 unspecified atom stereocenters. The predicted octanol–water partition coefficient (Wildman–Crippen LogP) is 3.87. The first-order chi connectivity index (χ1) is 10.1. The Kier molecular flexibility index (Phi) is 4.84. The number of nitriles is 1. The summed E-state index contributed by atoms with van der Waals surface area (Å²) < 4.78 is 0. The quantitative estimate of drug-likeness (QED) is 0.845. The van der Waals surface area contributed by atoms with Gasteiger partial charge in [0.1, 0.15) is 0 Å². The number of nitrogens with two attached hydrogens (primary N) is 1. The maximum Gasteiger partial charge on any atom is 0.0994 e. The first-order valence-corrected chi connectivity index (χ1v) is 7.24. The average Bonchev–Trinajstić information content (AvgIpc) is 2.47. The zero-order chi connectivity index (χ0) is 15.2. The van der Waals surface area contributed by atoms with E-state index in [-0.39, 0.29) is 0 Å². The van der Waals surface area contributed by atoms with Crippen molar-refractivity contribution in [2.24, 2.45) is 0 Å². The number of anilines is 2. The van der Waals surface area contributed by atoms with E-state index in [1.807, 2.05) is 37.3 Å². The summed E-state index contributed by atoms with van der Waals surface area (Å²) in [5.74, 6) is 0. The lowest BCUT2D eigenvalue weighted by Gasteiger charge is -2.25. The Balaban J connectivity index is 2.26. The molecule has 2 N–H and O–H groups in total. The highest BCUT2D eigenvalue weighted by Crippen LogP contribution is 2.22. The molecule has 0 aliphatic rings. The fourth-order valence-electron chi connectivity index (χ4n) is 2.45. The van der Waals surface area contributed by atoms with Crippen LogP contribution in [0, 0.1) is 18.3 Å². The second-order valence-corrected chi connectivity index (χ2v) is 5.28. The van der Waals surface area contributed by atoms with Crippen molar-refractivity contribution in [2.45, 2.75) is 26.8 Å². The topological polar surface area (TPSA) is 53.0 Å². The summed E-state index contributed by atoms with van der Waals surface area (Å²) in [4.78, 5) is 2.32. The Morgan fingerprint density at radius 3 is 2.62 bits per heavy atom. The lowest BCUT2D eigenvalue weighted by molar-refractivity contribution is 0.767. The molecule has 21 heavy (non-hydrogen) atoms. The SMILES string of the molecule is CCCN(Cc1cccc(N)c1)c1ccc(C#N)c(C)c1. The molecule has 0 aliphatic heterocycles. The van der Waals surface area contributed by atoms with E-state index in [9.17, 15) is 0 Å². The largest absolute Gasteiger partial charge is 0.399 e. The fraction of sp³-hybridized carbons (Fsp3) is 0.278. The normalized spacial score (nSPS) is 10.1. The molecule has 0 saturated heterocycles. The van der Waals surface area contributed by atoms with Gasteiger partial charge in [0.2, 0.25) is 0 Å². The van der Waals surface area contributed by atoms with E-state index >= 15 is 0 Å².